The van der Waals surface area contributed by atoms with E-state index in [2.05, 4.69) is 15.2 Å². The molecule has 0 unspecified atom stereocenters. The zero-order valence-corrected chi connectivity index (χ0v) is 11.1. The summed E-state index contributed by atoms with van der Waals surface area (Å²) in [7, 11) is 0. The van der Waals surface area contributed by atoms with Crippen molar-refractivity contribution in [2.24, 2.45) is 0 Å². The summed E-state index contributed by atoms with van der Waals surface area (Å²) in [5.41, 5.74) is 0. The molecular formula is C15H13N3O3. The Morgan fingerprint density at radius 2 is 2.00 bits per heavy atom. The molecule has 0 aliphatic rings. The van der Waals surface area contributed by atoms with E-state index < -0.39 is 5.97 Å². The molecule has 0 aliphatic carbocycles. The highest BCUT2D eigenvalue weighted by Crippen LogP contribution is 2.21. The van der Waals surface area contributed by atoms with Crippen LogP contribution in [-0.2, 0) is 17.8 Å². The van der Waals surface area contributed by atoms with Crippen LogP contribution in [0.5, 0.6) is 5.75 Å². The van der Waals surface area contributed by atoms with Crippen molar-refractivity contribution in [2.45, 2.75) is 13.0 Å². The van der Waals surface area contributed by atoms with E-state index >= 15 is 0 Å². The number of fused-ring (bicyclic) bond motifs is 1. The molecular weight excluding hydrogens is 270 g/mol. The molecule has 6 heteroatoms. The van der Waals surface area contributed by atoms with Crippen LogP contribution in [0.1, 0.15) is 11.6 Å². The van der Waals surface area contributed by atoms with Gasteiger partial charge in [-0.3, -0.25) is 9.89 Å². The van der Waals surface area contributed by atoms with E-state index in [1.54, 1.807) is 0 Å². The van der Waals surface area contributed by atoms with Crippen molar-refractivity contribution in [3.63, 3.8) is 0 Å². The van der Waals surface area contributed by atoms with Crippen LogP contribution < -0.4 is 4.74 Å². The lowest BCUT2D eigenvalue weighted by molar-refractivity contribution is -0.136. The molecule has 106 valence electrons. The maximum absolute atomic E-state index is 10.6. The second-order valence-electron chi connectivity index (χ2n) is 4.57. The molecule has 0 saturated carbocycles. The van der Waals surface area contributed by atoms with Gasteiger partial charge in [-0.25, -0.2) is 4.98 Å². The van der Waals surface area contributed by atoms with Crippen LogP contribution >= 0.6 is 0 Å². The highest BCUT2D eigenvalue weighted by molar-refractivity contribution is 5.83. The number of ether oxygens (including phenoxy) is 1. The molecule has 1 heterocycles. The fourth-order valence-electron chi connectivity index (χ4n) is 2.02. The quantitative estimate of drug-likeness (QED) is 0.749. The molecule has 3 rings (SSSR count). The first-order valence-corrected chi connectivity index (χ1v) is 6.44. The smallest absolute Gasteiger partial charge is 0.311 e. The van der Waals surface area contributed by atoms with Gasteiger partial charge in [0.1, 0.15) is 18.8 Å². The Morgan fingerprint density at radius 1 is 1.19 bits per heavy atom. The van der Waals surface area contributed by atoms with Gasteiger partial charge in [-0.2, -0.15) is 5.10 Å². The number of hydrogen-bond acceptors (Lipinski definition) is 4. The third-order valence-corrected chi connectivity index (χ3v) is 2.98. The number of aliphatic carboxylic acids is 1. The molecule has 0 bridgehead atoms. The zero-order valence-electron chi connectivity index (χ0n) is 11.1. The van der Waals surface area contributed by atoms with Crippen LogP contribution in [0.4, 0.5) is 0 Å². The van der Waals surface area contributed by atoms with Gasteiger partial charge in [-0.15, -0.1) is 0 Å². The average Bonchev–Trinajstić information content (AvgIpc) is 2.91. The van der Waals surface area contributed by atoms with Gasteiger partial charge in [-0.05, 0) is 22.9 Å². The lowest BCUT2D eigenvalue weighted by atomic mass is 10.1. The number of rotatable bonds is 5. The van der Waals surface area contributed by atoms with Gasteiger partial charge in [0.25, 0.3) is 0 Å². The van der Waals surface area contributed by atoms with Crippen molar-refractivity contribution in [3.05, 3.63) is 54.1 Å². The summed E-state index contributed by atoms with van der Waals surface area (Å²) in [5, 5.41) is 17.4. The van der Waals surface area contributed by atoms with E-state index in [0.717, 1.165) is 16.5 Å². The minimum Gasteiger partial charge on any atom is -0.486 e. The first-order valence-electron chi connectivity index (χ1n) is 6.44. The van der Waals surface area contributed by atoms with E-state index in [1.807, 2.05) is 42.5 Å². The monoisotopic (exact) mass is 283 g/mol. The number of aromatic amines is 1. The summed E-state index contributed by atoms with van der Waals surface area (Å²) in [5.74, 6) is 0.514. The van der Waals surface area contributed by atoms with E-state index in [4.69, 9.17) is 9.84 Å². The number of aromatic nitrogens is 3. The van der Waals surface area contributed by atoms with Gasteiger partial charge < -0.3 is 9.84 Å². The van der Waals surface area contributed by atoms with E-state index in [1.165, 1.54) is 0 Å². The Kier molecular flexibility index (Phi) is 3.51. The number of benzene rings is 2. The van der Waals surface area contributed by atoms with Gasteiger partial charge in [-0.1, -0.05) is 30.3 Å². The number of carboxylic acids is 1. The van der Waals surface area contributed by atoms with E-state index in [-0.39, 0.29) is 18.9 Å². The van der Waals surface area contributed by atoms with Crippen LogP contribution in [0.2, 0.25) is 0 Å². The molecule has 0 amide bonds. The third kappa shape index (κ3) is 3.17. The van der Waals surface area contributed by atoms with Crippen LogP contribution in [0.25, 0.3) is 10.8 Å². The van der Waals surface area contributed by atoms with Crippen LogP contribution in [0.3, 0.4) is 0 Å². The Labute approximate surface area is 120 Å². The Hall–Kier alpha value is -2.89. The summed E-state index contributed by atoms with van der Waals surface area (Å²) in [6.07, 6.45) is -0.202. The van der Waals surface area contributed by atoms with Crippen molar-refractivity contribution < 1.29 is 14.6 Å². The minimum absolute atomic E-state index is 0.202. The van der Waals surface area contributed by atoms with Crippen LogP contribution in [0, 0.1) is 0 Å². The summed E-state index contributed by atoms with van der Waals surface area (Å²) >= 11 is 0. The maximum atomic E-state index is 10.6. The fraction of sp³-hybridized carbons (Fsp3) is 0.133. The Balaban J connectivity index is 1.68. The molecule has 6 nitrogen and oxygen atoms in total. The highest BCUT2D eigenvalue weighted by atomic mass is 16.5. The second-order valence-corrected chi connectivity index (χ2v) is 4.57. The normalized spacial score (nSPS) is 10.7. The summed E-state index contributed by atoms with van der Waals surface area (Å²) < 4.78 is 5.64. The number of carbonyl (C=O) groups is 1. The van der Waals surface area contributed by atoms with Gasteiger partial charge in [0.05, 0.1) is 0 Å². The predicted molar refractivity (Wildman–Crippen MR) is 76.0 cm³/mol. The summed E-state index contributed by atoms with van der Waals surface area (Å²) in [6.45, 7) is 0.213. The van der Waals surface area contributed by atoms with Crippen molar-refractivity contribution in [1.82, 2.24) is 15.2 Å². The molecule has 0 fully saturated rings. The Morgan fingerprint density at radius 3 is 2.81 bits per heavy atom. The molecule has 21 heavy (non-hydrogen) atoms. The minimum atomic E-state index is -0.962. The average molecular weight is 283 g/mol. The van der Waals surface area contributed by atoms with Gasteiger partial charge in [0, 0.05) is 0 Å². The molecule has 0 aliphatic heterocycles. The Bertz CT molecular complexity index is 782. The van der Waals surface area contributed by atoms with Crippen molar-refractivity contribution in [2.75, 3.05) is 0 Å². The van der Waals surface area contributed by atoms with Crippen molar-refractivity contribution in [3.8, 4) is 5.75 Å². The molecule has 0 atom stereocenters. The first kappa shape index (κ1) is 13.1. The number of H-pyrrole nitrogens is 1. The lowest BCUT2D eigenvalue weighted by Gasteiger charge is -2.05. The standard InChI is InChI=1S/C15H13N3O3/c19-15(20)8-13-16-14(18-17-13)9-21-12-6-5-10-3-1-2-4-11(10)7-12/h1-7H,8-9H2,(H,19,20)(H,16,17,18). The van der Waals surface area contributed by atoms with Gasteiger partial charge in [0.15, 0.2) is 11.6 Å². The van der Waals surface area contributed by atoms with Crippen molar-refractivity contribution in [1.29, 1.82) is 0 Å². The van der Waals surface area contributed by atoms with E-state index in [9.17, 15) is 4.79 Å². The molecule has 2 N–H and O–H groups in total. The van der Waals surface area contributed by atoms with Gasteiger partial charge >= 0.3 is 5.97 Å². The van der Waals surface area contributed by atoms with Gasteiger partial charge in [0.2, 0.25) is 0 Å². The SMILES string of the molecule is O=C(O)Cc1n[nH]c(COc2ccc3ccccc3c2)n1. The highest BCUT2D eigenvalue weighted by Gasteiger charge is 2.08. The third-order valence-electron chi connectivity index (χ3n) is 2.98. The molecule has 0 saturated heterocycles. The molecule has 0 spiro atoms. The van der Waals surface area contributed by atoms with Crippen LogP contribution in [-0.4, -0.2) is 26.3 Å². The molecule has 2 aromatic carbocycles. The molecule has 1 aromatic heterocycles. The number of carboxylic acid groups (broad SMARTS) is 1. The fourth-order valence-corrected chi connectivity index (χ4v) is 2.02. The summed E-state index contributed by atoms with van der Waals surface area (Å²) in [4.78, 5) is 14.6. The lowest BCUT2D eigenvalue weighted by Crippen LogP contribution is -2.02. The summed E-state index contributed by atoms with van der Waals surface area (Å²) in [6, 6.07) is 13.8. The van der Waals surface area contributed by atoms with Crippen molar-refractivity contribution >= 4 is 16.7 Å². The van der Waals surface area contributed by atoms with E-state index in [0.29, 0.717) is 5.82 Å². The molecule has 0 radical (unpaired) electrons. The molecule has 3 aromatic rings. The largest absolute Gasteiger partial charge is 0.486 e. The van der Waals surface area contributed by atoms with Crippen LogP contribution in [0.15, 0.2) is 42.5 Å². The number of nitrogens with zero attached hydrogens (tertiary/aromatic N) is 2. The number of hydrogen-bond donors (Lipinski definition) is 2. The number of nitrogens with one attached hydrogen (secondary N) is 1. The maximum Gasteiger partial charge on any atom is 0.311 e. The second kappa shape index (κ2) is 5.62. The topological polar surface area (TPSA) is 88.1 Å². The zero-order chi connectivity index (χ0) is 14.7. The first-order chi connectivity index (χ1) is 10.2. The predicted octanol–water partition coefficient (Wildman–Crippen LogP) is 2.16.